The number of pyridine rings is 1. The van der Waals surface area contributed by atoms with E-state index in [1.54, 1.807) is 48.8 Å². The lowest BCUT2D eigenvalue weighted by atomic mass is 10.2. The number of fused-ring (bicyclic) bond motifs is 1. The van der Waals surface area contributed by atoms with Crippen molar-refractivity contribution in [3.63, 3.8) is 0 Å². The quantitative estimate of drug-likeness (QED) is 0.403. The second-order valence-corrected chi connectivity index (χ2v) is 6.32. The first kappa shape index (κ1) is 19.1. The molecule has 4 aromatic rings. The number of carbonyl (C=O) groups is 1. The Bertz CT molecular complexity index is 1210. The first-order chi connectivity index (χ1) is 14.7. The largest absolute Gasteiger partial charge is 0.451 e. The Morgan fingerprint density at radius 1 is 0.967 bits per heavy atom. The average Bonchev–Trinajstić information content (AvgIpc) is 2.78. The van der Waals surface area contributed by atoms with Gasteiger partial charge in [-0.25, -0.2) is 0 Å². The van der Waals surface area contributed by atoms with Crippen LogP contribution in [0, 0.1) is 0 Å². The van der Waals surface area contributed by atoms with Crippen LogP contribution in [0.4, 0.5) is 17.3 Å². The van der Waals surface area contributed by atoms with Gasteiger partial charge < -0.3 is 20.4 Å². The monoisotopic (exact) mass is 402 g/mol. The van der Waals surface area contributed by atoms with Crippen molar-refractivity contribution in [2.45, 2.75) is 0 Å². The van der Waals surface area contributed by atoms with Crippen molar-refractivity contribution in [1.82, 2.24) is 20.5 Å². The fourth-order valence-corrected chi connectivity index (χ4v) is 2.75. The molecule has 1 amide bonds. The van der Waals surface area contributed by atoms with E-state index in [2.05, 4.69) is 31.1 Å². The minimum Gasteiger partial charge on any atom is -0.451 e. The highest BCUT2D eigenvalue weighted by molar-refractivity contribution is 5.93. The zero-order valence-corrected chi connectivity index (χ0v) is 15.8. The highest BCUT2D eigenvalue weighted by Gasteiger charge is 2.11. The standard InChI is InChI=1S/C21H18N6O3/c28-16-12-18(30-17-6-2-1-5-15(16)17)21(29)24-11-10-23-19-7-8-20(27-26-19)25-14-4-3-9-22-13-14/h1-9,12-13H,10-11H2,(H,23,26)(H,24,29)(H,25,27). The van der Waals surface area contributed by atoms with Crippen molar-refractivity contribution in [1.29, 1.82) is 0 Å². The summed E-state index contributed by atoms with van der Waals surface area (Å²) in [5.41, 5.74) is 0.939. The number of benzene rings is 1. The second-order valence-electron chi connectivity index (χ2n) is 6.32. The summed E-state index contributed by atoms with van der Waals surface area (Å²) in [5.74, 6) is 0.678. The first-order valence-corrected chi connectivity index (χ1v) is 9.25. The highest BCUT2D eigenvalue weighted by Crippen LogP contribution is 2.13. The van der Waals surface area contributed by atoms with Gasteiger partial charge in [0.05, 0.1) is 17.3 Å². The summed E-state index contributed by atoms with van der Waals surface area (Å²) in [6, 6.07) is 15.3. The van der Waals surface area contributed by atoms with Crippen molar-refractivity contribution in [3.05, 3.63) is 83.0 Å². The van der Waals surface area contributed by atoms with Gasteiger partial charge in [0, 0.05) is 25.4 Å². The van der Waals surface area contributed by atoms with Crippen LogP contribution < -0.4 is 21.4 Å². The molecule has 0 aliphatic carbocycles. The van der Waals surface area contributed by atoms with E-state index in [-0.39, 0.29) is 11.2 Å². The number of para-hydroxylation sites is 1. The van der Waals surface area contributed by atoms with Gasteiger partial charge in [0.25, 0.3) is 5.91 Å². The minimum atomic E-state index is -0.457. The molecule has 0 saturated carbocycles. The van der Waals surface area contributed by atoms with Crippen LogP contribution in [0.25, 0.3) is 11.0 Å². The van der Waals surface area contributed by atoms with E-state index in [0.29, 0.717) is 35.7 Å². The molecule has 0 atom stereocenters. The Morgan fingerprint density at radius 2 is 1.80 bits per heavy atom. The third-order valence-electron chi connectivity index (χ3n) is 4.17. The van der Waals surface area contributed by atoms with Crippen LogP contribution >= 0.6 is 0 Å². The molecule has 3 N–H and O–H groups in total. The summed E-state index contributed by atoms with van der Waals surface area (Å²) in [5, 5.41) is 17.5. The predicted octanol–water partition coefficient (Wildman–Crippen LogP) is 2.56. The molecule has 30 heavy (non-hydrogen) atoms. The number of nitrogens with one attached hydrogen (secondary N) is 3. The summed E-state index contributed by atoms with van der Waals surface area (Å²) in [6.45, 7) is 0.736. The lowest BCUT2D eigenvalue weighted by Gasteiger charge is -2.08. The molecular weight excluding hydrogens is 384 g/mol. The molecule has 3 aromatic heterocycles. The van der Waals surface area contributed by atoms with Crippen LogP contribution in [0.1, 0.15) is 10.6 Å². The molecule has 1 aromatic carbocycles. The molecule has 0 saturated heterocycles. The van der Waals surface area contributed by atoms with Crippen LogP contribution in [0.5, 0.6) is 0 Å². The molecule has 0 fully saturated rings. The van der Waals surface area contributed by atoms with E-state index in [1.165, 1.54) is 6.07 Å². The maximum atomic E-state index is 12.3. The number of carbonyl (C=O) groups excluding carboxylic acids is 1. The number of hydrogen-bond acceptors (Lipinski definition) is 8. The molecule has 150 valence electrons. The zero-order valence-electron chi connectivity index (χ0n) is 15.8. The lowest BCUT2D eigenvalue weighted by molar-refractivity contribution is 0.0928. The van der Waals surface area contributed by atoms with Gasteiger partial charge in [-0.1, -0.05) is 12.1 Å². The van der Waals surface area contributed by atoms with Gasteiger partial charge in [0.1, 0.15) is 11.4 Å². The van der Waals surface area contributed by atoms with E-state index >= 15 is 0 Å². The average molecular weight is 402 g/mol. The van der Waals surface area contributed by atoms with E-state index in [0.717, 1.165) is 5.69 Å². The Kier molecular flexibility index (Phi) is 5.61. The molecule has 0 radical (unpaired) electrons. The van der Waals surface area contributed by atoms with E-state index in [4.69, 9.17) is 4.42 Å². The maximum Gasteiger partial charge on any atom is 0.287 e. The summed E-state index contributed by atoms with van der Waals surface area (Å²) >= 11 is 0. The van der Waals surface area contributed by atoms with Crippen LogP contribution in [0.2, 0.25) is 0 Å². The van der Waals surface area contributed by atoms with E-state index in [9.17, 15) is 9.59 Å². The Morgan fingerprint density at radius 3 is 2.60 bits per heavy atom. The van der Waals surface area contributed by atoms with Crippen molar-refractivity contribution in [3.8, 4) is 0 Å². The Labute approximate surface area is 171 Å². The fourth-order valence-electron chi connectivity index (χ4n) is 2.75. The van der Waals surface area contributed by atoms with Crippen LogP contribution in [-0.2, 0) is 0 Å². The fraction of sp³-hybridized carbons (Fsp3) is 0.0952. The molecule has 0 bridgehead atoms. The number of nitrogens with zero attached hydrogens (tertiary/aromatic N) is 3. The predicted molar refractivity (Wildman–Crippen MR) is 113 cm³/mol. The molecule has 9 nitrogen and oxygen atoms in total. The molecule has 0 aliphatic heterocycles. The summed E-state index contributed by atoms with van der Waals surface area (Å²) < 4.78 is 5.52. The second kappa shape index (κ2) is 8.82. The summed E-state index contributed by atoms with van der Waals surface area (Å²) in [4.78, 5) is 28.4. The topological polar surface area (TPSA) is 122 Å². The molecule has 4 rings (SSSR count). The first-order valence-electron chi connectivity index (χ1n) is 9.25. The maximum absolute atomic E-state index is 12.3. The Balaban J connectivity index is 1.28. The molecule has 0 spiro atoms. The van der Waals surface area contributed by atoms with Crippen LogP contribution in [-0.4, -0.2) is 34.2 Å². The molecule has 3 heterocycles. The van der Waals surface area contributed by atoms with Crippen LogP contribution in [0.3, 0.4) is 0 Å². The van der Waals surface area contributed by atoms with Gasteiger partial charge >= 0.3 is 0 Å². The number of aromatic nitrogens is 3. The highest BCUT2D eigenvalue weighted by atomic mass is 16.3. The number of hydrogen-bond donors (Lipinski definition) is 3. The number of amides is 1. The SMILES string of the molecule is O=C(NCCNc1ccc(Nc2cccnc2)nn1)c1cc(=O)c2ccccc2o1. The van der Waals surface area contributed by atoms with E-state index in [1.807, 2.05) is 12.1 Å². The molecular formula is C21H18N6O3. The number of anilines is 3. The molecule has 0 aliphatic rings. The van der Waals surface area contributed by atoms with Crippen LogP contribution in [0.15, 0.2) is 76.2 Å². The normalized spacial score (nSPS) is 10.5. The number of rotatable bonds is 7. The van der Waals surface area contributed by atoms with Gasteiger partial charge in [-0.05, 0) is 36.4 Å². The van der Waals surface area contributed by atoms with Gasteiger partial charge in [-0.3, -0.25) is 14.6 Å². The minimum absolute atomic E-state index is 0.0238. The third-order valence-corrected chi connectivity index (χ3v) is 4.17. The third kappa shape index (κ3) is 4.58. The smallest absolute Gasteiger partial charge is 0.287 e. The van der Waals surface area contributed by atoms with Crippen molar-refractivity contribution >= 4 is 34.2 Å². The van der Waals surface area contributed by atoms with Gasteiger partial charge in [0.15, 0.2) is 17.0 Å². The zero-order chi connectivity index (χ0) is 20.8. The Hall–Kier alpha value is -4.27. The van der Waals surface area contributed by atoms with Gasteiger partial charge in [-0.15, -0.1) is 10.2 Å². The van der Waals surface area contributed by atoms with E-state index < -0.39 is 5.91 Å². The van der Waals surface area contributed by atoms with Crippen molar-refractivity contribution in [2.24, 2.45) is 0 Å². The summed E-state index contributed by atoms with van der Waals surface area (Å²) in [6.07, 6.45) is 3.38. The molecule has 9 heteroatoms. The lowest BCUT2D eigenvalue weighted by Crippen LogP contribution is -2.29. The van der Waals surface area contributed by atoms with Crippen molar-refractivity contribution in [2.75, 3.05) is 23.7 Å². The summed E-state index contributed by atoms with van der Waals surface area (Å²) in [7, 11) is 0. The van der Waals surface area contributed by atoms with Gasteiger partial charge in [0.2, 0.25) is 0 Å². The molecule has 0 unspecified atom stereocenters. The van der Waals surface area contributed by atoms with Gasteiger partial charge in [-0.2, -0.15) is 0 Å². The van der Waals surface area contributed by atoms with Crippen molar-refractivity contribution < 1.29 is 9.21 Å².